The van der Waals surface area contributed by atoms with Crippen LogP contribution in [0.4, 0.5) is 0 Å². The molecule has 0 fully saturated rings. The number of carbonyl (C=O) groups is 2. The van der Waals surface area contributed by atoms with Gasteiger partial charge in [-0.25, -0.2) is 0 Å². The Bertz CT molecular complexity index is 698. The third-order valence-corrected chi connectivity index (χ3v) is 4.56. The van der Waals surface area contributed by atoms with Crippen LogP contribution >= 0.6 is 27.3 Å². The summed E-state index contributed by atoms with van der Waals surface area (Å²) in [6.45, 7) is 0. The van der Waals surface area contributed by atoms with Gasteiger partial charge >= 0.3 is 5.97 Å². The van der Waals surface area contributed by atoms with Gasteiger partial charge in [0.15, 0.2) is 0 Å². The van der Waals surface area contributed by atoms with E-state index in [4.69, 9.17) is 4.74 Å². The van der Waals surface area contributed by atoms with E-state index in [2.05, 4.69) is 21.2 Å². The van der Waals surface area contributed by atoms with Crippen molar-refractivity contribution in [2.75, 3.05) is 7.11 Å². The maximum absolute atomic E-state index is 12.1. The summed E-state index contributed by atoms with van der Waals surface area (Å²) in [4.78, 5) is 24.6. The molecule has 0 saturated carbocycles. The molecule has 0 aliphatic rings. The molecule has 0 bridgehead atoms. The summed E-state index contributed by atoms with van der Waals surface area (Å²) in [5.41, 5.74) is 0.912. The van der Waals surface area contributed by atoms with Gasteiger partial charge in [0.1, 0.15) is 0 Å². The number of rotatable bonds is 6. The lowest BCUT2D eigenvalue weighted by Crippen LogP contribution is -2.28. The Morgan fingerprint density at radius 2 is 2.17 bits per heavy atom. The Morgan fingerprint density at radius 1 is 1.35 bits per heavy atom. The molecule has 0 aliphatic carbocycles. The Kier molecular flexibility index (Phi) is 6.55. The van der Waals surface area contributed by atoms with Crippen LogP contribution in [0, 0.1) is 0 Å². The number of hydrogen-bond acceptors (Lipinski definition) is 4. The van der Waals surface area contributed by atoms with Crippen molar-refractivity contribution in [3.63, 3.8) is 0 Å². The highest BCUT2D eigenvalue weighted by Gasteiger charge is 2.18. The van der Waals surface area contributed by atoms with Gasteiger partial charge < -0.3 is 10.1 Å². The highest BCUT2D eigenvalue weighted by Crippen LogP contribution is 2.22. The van der Waals surface area contributed by atoms with Crippen molar-refractivity contribution in [2.24, 2.45) is 0 Å². The topological polar surface area (TPSA) is 55.4 Å². The second-order valence-corrected chi connectivity index (χ2v) is 6.64. The van der Waals surface area contributed by atoms with Crippen molar-refractivity contribution in [3.8, 4) is 0 Å². The van der Waals surface area contributed by atoms with E-state index in [9.17, 15) is 9.59 Å². The van der Waals surface area contributed by atoms with Gasteiger partial charge in [-0.15, -0.1) is 11.3 Å². The predicted octanol–water partition coefficient (Wildman–Crippen LogP) is 3.94. The second kappa shape index (κ2) is 8.64. The Labute approximate surface area is 147 Å². The van der Waals surface area contributed by atoms with E-state index in [0.29, 0.717) is 0 Å². The van der Waals surface area contributed by atoms with Crippen LogP contribution in [0.15, 0.2) is 52.3 Å². The summed E-state index contributed by atoms with van der Waals surface area (Å²) in [6, 6.07) is 11.0. The third kappa shape index (κ3) is 5.65. The molecule has 2 rings (SSSR count). The predicted molar refractivity (Wildman–Crippen MR) is 95.0 cm³/mol. The number of ether oxygens (including phenoxy) is 1. The third-order valence-electron chi connectivity index (χ3n) is 3.08. The molecule has 1 aromatic heterocycles. The fourth-order valence-corrected chi connectivity index (χ4v) is 3.16. The minimum absolute atomic E-state index is 0.105. The number of halogens is 1. The maximum Gasteiger partial charge on any atom is 0.307 e. The second-order valence-electron chi connectivity index (χ2n) is 4.75. The zero-order valence-electron chi connectivity index (χ0n) is 12.5. The number of amides is 1. The van der Waals surface area contributed by atoms with Gasteiger partial charge in [0, 0.05) is 15.4 Å². The number of nitrogens with one attached hydrogen (secondary N) is 1. The van der Waals surface area contributed by atoms with Crippen LogP contribution in [-0.4, -0.2) is 19.0 Å². The Hall–Kier alpha value is -1.92. The monoisotopic (exact) mass is 393 g/mol. The van der Waals surface area contributed by atoms with Crippen molar-refractivity contribution in [2.45, 2.75) is 12.5 Å². The molecule has 1 unspecified atom stereocenters. The van der Waals surface area contributed by atoms with Gasteiger partial charge in [-0.3, -0.25) is 9.59 Å². The first-order valence-corrected chi connectivity index (χ1v) is 8.60. The lowest BCUT2D eigenvalue weighted by molar-refractivity contribution is -0.141. The van der Waals surface area contributed by atoms with Crippen LogP contribution in [0.25, 0.3) is 6.08 Å². The molecule has 1 heterocycles. The molecule has 1 atom stereocenters. The number of methoxy groups -OCH3 is 1. The zero-order valence-corrected chi connectivity index (χ0v) is 14.9. The molecule has 23 heavy (non-hydrogen) atoms. The van der Waals surface area contributed by atoms with Crippen LogP contribution < -0.4 is 5.32 Å². The lowest BCUT2D eigenvalue weighted by atomic mass is 10.1. The van der Waals surface area contributed by atoms with Gasteiger partial charge in [-0.2, -0.15) is 0 Å². The van der Waals surface area contributed by atoms with E-state index < -0.39 is 0 Å². The summed E-state index contributed by atoms with van der Waals surface area (Å²) >= 11 is 4.88. The van der Waals surface area contributed by atoms with E-state index in [-0.39, 0.29) is 24.3 Å². The molecule has 0 aliphatic heterocycles. The highest BCUT2D eigenvalue weighted by atomic mass is 79.9. The number of hydrogen-bond donors (Lipinski definition) is 1. The number of carbonyl (C=O) groups excluding carboxylic acids is 2. The summed E-state index contributed by atoms with van der Waals surface area (Å²) in [5, 5.41) is 4.75. The van der Waals surface area contributed by atoms with Gasteiger partial charge in [0.05, 0.1) is 19.6 Å². The normalized spacial score (nSPS) is 12.1. The van der Waals surface area contributed by atoms with Gasteiger partial charge in [0.2, 0.25) is 5.91 Å². The van der Waals surface area contributed by atoms with E-state index in [0.717, 1.165) is 14.9 Å². The molecule has 1 N–H and O–H groups in total. The molecule has 0 radical (unpaired) electrons. The molecular formula is C17H16BrNO3S. The number of esters is 1. The standard InChI is InChI=1S/C17H16BrNO3S/c1-22-17(21)11-14(15-6-3-9-23-15)19-16(20)8-7-12-4-2-5-13(18)10-12/h2-10,14H,11H2,1H3,(H,19,20)/b8-7+. The van der Waals surface area contributed by atoms with Crippen molar-refractivity contribution < 1.29 is 14.3 Å². The molecule has 1 amide bonds. The lowest BCUT2D eigenvalue weighted by Gasteiger charge is -2.15. The molecule has 6 heteroatoms. The van der Waals surface area contributed by atoms with Crippen LogP contribution in [0.3, 0.4) is 0 Å². The average Bonchev–Trinajstić information content (AvgIpc) is 3.06. The van der Waals surface area contributed by atoms with E-state index in [1.807, 2.05) is 41.8 Å². The first-order chi connectivity index (χ1) is 11.1. The van der Waals surface area contributed by atoms with Crippen LogP contribution in [0.2, 0.25) is 0 Å². The summed E-state index contributed by atoms with van der Waals surface area (Å²) < 4.78 is 5.64. The quantitative estimate of drug-likeness (QED) is 0.597. The summed E-state index contributed by atoms with van der Waals surface area (Å²) in [7, 11) is 1.34. The smallest absolute Gasteiger partial charge is 0.307 e. The zero-order chi connectivity index (χ0) is 16.7. The van der Waals surface area contributed by atoms with Gasteiger partial charge in [0.25, 0.3) is 0 Å². The minimum atomic E-state index is -0.387. The Balaban J connectivity index is 2.04. The van der Waals surface area contributed by atoms with Crippen molar-refractivity contribution >= 4 is 45.2 Å². The first-order valence-electron chi connectivity index (χ1n) is 6.93. The highest BCUT2D eigenvalue weighted by molar-refractivity contribution is 9.10. The van der Waals surface area contributed by atoms with Crippen LogP contribution in [0.5, 0.6) is 0 Å². The van der Waals surface area contributed by atoms with Gasteiger partial charge in [-0.1, -0.05) is 34.1 Å². The molecule has 0 saturated heterocycles. The van der Waals surface area contributed by atoms with E-state index in [1.54, 1.807) is 6.08 Å². The molecular weight excluding hydrogens is 378 g/mol. The number of benzene rings is 1. The first kappa shape index (κ1) is 17.4. The molecule has 4 nitrogen and oxygen atoms in total. The maximum atomic E-state index is 12.1. The molecule has 0 spiro atoms. The summed E-state index contributed by atoms with van der Waals surface area (Å²) in [5.74, 6) is -0.619. The fraction of sp³-hybridized carbons (Fsp3) is 0.176. The van der Waals surface area contributed by atoms with E-state index >= 15 is 0 Å². The van der Waals surface area contributed by atoms with Gasteiger partial charge in [-0.05, 0) is 35.2 Å². The number of thiophene rings is 1. The fourth-order valence-electron chi connectivity index (χ4n) is 1.96. The molecule has 120 valence electrons. The van der Waals surface area contributed by atoms with E-state index in [1.165, 1.54) is 24.5 Å². The van der Waals surface area contributed by atoms with Crippen LogP contribution in [0.1, 0.15) is 22.9 Å². The summed E-state index contributed by atoms with van der Waals surface area (Å²) in [6.07, 6.45) is 3.29. The largest absolute Gasteiger partial charge is 0.469 e. The molecule has 1 aromatic carbocycles. The minimum Gasteiger partial charge on any atom is -0.469 e. The van der Waals surface area contributed by atoms with Crippen molar-refractivity contribution in [1.29, 1.82) is 0 Å². The Morgan fingerprint density at radius 3 is 2.83 bits per heavy atom. The van der Waals surface area contributed by atoms with Crippen molar-refractivity contribution in [1.82, 2.24) is 5.32 Å². The SMILES string of the molecule is COC(=O)CC(NC(=O)/C=C/c1cccc(Br)c1)c1cccs1. The molecule has 2 aromatic rings. The van der Waals surface area contributed by atoms with Crippen molar-refractivity contribution in [3.05, 3.63) is 62.8 Å². The average molecular weight is 394 g/mol. The van der Waals surface area contributed by atoms with Crippen LogP contribution in [-0.2, 0) is 14.3 Å².